The molecule has 56 heavy (non-hydrogen) atoms. The van der Waals surface area contributed by atoms with E-state index in [0.717, 1.165) is 75.0 Å². The van der Waals surface area contributed by atoms with Crippen LogP contribution in [-0.2, 0) is 19.8 Å². The van der Waals surface area contributed by atoms with Crippen molar-refractivity contribution in [3.63, 3.8) is 0 Å². The molecule has 292 valence electrons. The van der Waals surface area contributed by atoms with E-state index in [9.17, 15) is 19.5 Å². The molecule has 0 spiro atoms. The fourth-order valence-corrected chi connectivity index (χ4v) is 9.32. The summed E-state index contributed by atoms with van der Waals surface area (Å²) in [6, 6.07) is 28.4. The van der Waals surface area contributed by atoms with Crippen LogP contribution in [0.2, 0.25) is 0 Å². The lowest BCUT2D eigenvalue weighted by molar-refractivity contribution is -0.134. The highest BCUT2D eigenvalue weighted by Crippen LogP contribution is 2.39. The Morgan fingerprint density at radius 3 is 2.18 bits per heavy atom. The third kappa shape index (κ3) is 8.28. The second kappa shape index (κ2) is 16.8. The number of carbonyl (C=O) groups excluding carboxylic acids is 3. The van der Waals surface area contributed by atoms with Gasteiger partial charge in [-0.3, -0.25) is 19.7 Å². The third-order valence-electron chi connectivity index (χ3n) is 12.8. The summed E-state index contributed by atoms with van der Waals surface area (Å²) in [7, 11) is 0. The lowest BCUT2D eigenvalue weighted by Gasteiger charge is -2.43. The van der Waals surface area contributed by atoms with E-state index in [1.165, 1.54) is 5.69 Å². The van der Waals surface area contributed by atoms with Gasteiger partial charge in [-0.2, -0.15) is 10.2 Å². The zero-order valence-electron chi connectivity index (χ0n) is 32.0. The summed E-state index contributed by atoms with van der Waals surface area (Å²) in [5, 5.41) is 28.8. The Bertz CT molecular complexity index is 1980. The average Bonchev–Trinajstić information content (AvgIpc) is 3.24. The highest BCUT2D eigenvalue weighted by atomic mass is 16.3. The molecule has 0 radical (unpaired) electrons. The minimum absolute atomic E-state index is 0.139. The van der Waals surface area contributed by atoms with Crippen molar-refractivity contribution >= 4 is 29.1 Å². The van der Waals surface area contributed by atoms with Crippen molar-refractivity contribution in [3.05, 3.63) is 102 Å². The van der Waals surface area contributed by atoms with Gasteiger partial charge in [0.25, 0.3) is 0 Å². The van der Waals surface area contributed by atoms with Crippen LogP contribution in [0.1, 0.15) is 81.3 Å². The quantitative estimate of drug-likeness (QED) is 0.147. The van der Waals surface area contributed by atoms with Crippen molar-refractivity contribution in [2.24, 2.45) is 5.92 Å². The minimum atomic E-state index is -0.599. The van der Waals surface area contributed by atoms with Gasteiger partial charge in [-0.15, -0.1) is 0 Å². The van der Waals surface area contributed by atoms with Gasteiger partial charge >= 0.3 is 0 Å². The molecule has 4 heterocycles. The van der Waals surface area contributed by atoms with Crippen molar-refractivity contribution in [3.8, 4) is 17.0 Å². The van der Waals surface area contributed by atoms with Gasteiger partial charge in [0.1, 0.15) is 5.75 Å². The number of aromatic nitrogens is 2. The molecule has 1 atom stereocenters. The predicted molar refractivity (Wildman–Crippen MR) is 217 cm³/mol. The predicted octanol–water partition coefficient (Wildman–Crippen LogP) is 5.84. The highest BCUT2D eigenvalue weighted by molar-refractivity contribution is 6.01. The molecule has 3 amide bonds. The minimum Gasteiger partial charge on any atom is -0.507 e. The van der Waals surface area contributed by atoms with Crippen LogP contribution >= 0.6 is 0 Å². The van der Waals surface area contributed by atoms with Crippen molar-refractivity contribution in [1.29, 1.82) is 0 Å². The van der Waals surface area contributed by atoms with Crippen LogP contribution in [0.15, 0.2) is 91.1 Å². The molecule has 3 aliphatic heterocycles. The van der Waals surface area contributed by atoms with Gasteiger partial charge in [0.15, 0.2) is 0 Å². The molecular formula is C45H53N7O4. The third-order valence-corrected chi connectivity index (χ3v) is 12.8. The van der Waals surface area contributed by atoms with Crippen molar-refractivity contribution in [1.82, 2.24) is 26.1 Å². The number of phenolic OH excluding ortho intramolecular Hbond substituents is 1. The van der Waals surface area contributed by atoms with Gasteiger partial charge in [0.2, 0.25) is 17.7 Å². The molecule has 4 fully saturated rings. The Morgan fingerprint density at radius 1 is 0.786 bits per heavy atom. The molecule has 4 aromatic rings. The molecule has 11 nitrogen and oxygen atoms in total. The summed E-state index contributed by atoms with van der Waals surface area (Å²) >= 11 is 0. The maximum atomic E-state index is 14.3. The number of imide groups is 1. The summed E-state index contributed by atoms with van der Waals surface area (Å²) < 4.78 is 0. The van der Waals surface area contributed by atoms with E-state index in [0.29, 0.717) is 62.0 Å². The van der Waals surface area contributed by atoms with Crippen molar-refractivity contribution < 1.29 is 19.5 Å². The van der Waals surface area contributed by atoms with Crippen molar-refractivity contribution in [2.75, 3.05) is 42.5 Å². The largest absolute Gasteiger partial charge is 0.507 e. The number of rotatable bonds is 10. The first kappa shape index (κ1) is 37.6. The lowest BCUT2D eigenvalue weighted by atomic mass is 9.71. The number of para-hydroxylation sites is 1. The van der Waals surface area contributed by atoms with Gasteiger partial charge in [-0.05, 0) is 112 Å². The summed E-state index contributed by atoms with van der Waals surface area (Å²) in [5.41, 5.74) is 4.86. The number of phenols is 1. The molecule has 0 unspecified atom stereocenters. The zero-order chi connectivity index (χ0) is 38.5. The number of aromatic hydroxyl groups is 1. The number of benzene rings is 3. The molecule has 4 aliphatic rings. The fourth-order valence-electron chi connectivity index (χ4n) is 9.32. The maximum absolute atomic E-state index is 14.3. The Kier molecular flexibility index (Phi) is 11.3. The topological polar surface area (TPSA) is 140 Å². The molecule has 11 heteroatoms. The van der Waals surface area contributed by atoms with Crippen LogP contribution in [-0.4, -0.2) is 77.8 Å². The number of carbonyl (C=O) groups is 3. The summed E-state index contributed by atoms with van der Waals surface area (Å²) in [4.78, 5) is 42.9. The number of nitrogens with zero attached hydrogens (tertiary/aromatic N) is 4. The van der Waals surface area contributed by atoms with Crippen LogP contribution < -0.4 is 25.8 Å². The van der Waals surface area contributed by atoms with Crippen LogP contribution in [0, 0.1) is 5.92 Å². The SMILES string of the molecule is O=C1CC[C@H](c2ccc(N3CCC(CNC4CCC(NC(=O)C5(c6ccccc6)CCN(c6cnnc(-c7ccccc7O)c6)CC5)CC4)CC3)cc2)C(=O)N1. The van der Waals surface area contributed by atoms with Crippen LogP contribution in [0.3, 0.4) is 0 Å². The van der Waals surface area contributed by atoms with Crippen LogP contribution in [0.4, 0.5) is 11.4 Å². The number of nitrogens with one attached hydrogen (secondary N) is 3. The number of hydrogen-bond acceptors (Lipinski definition) is 9. The highest BCUT2D eigenvalue weighted by Gasteiger charge is 2.44. The molecule has 1 aromatic heterocycles. The first-order valence-corrected chi connectivity index (χ1v) is 20.5. The lowest BCUT2D eigenvalue weighted by Crippen LogP contribution is -2.54. The van der Waals surface area contributed by atoms with Crippen LogP contribution in [0.5, 0.6) is 5.75 Å². The number of anilines is 2. The zero-order valence-corrected chi connectivity index (χ0v) is 32.0. The summed E-state index contributed by atoms with van der Waals surface area (Å²) in [6.45, 7) is 4.48. The van der Waals surface area contributed by atoms with Gasteiger partial charge in [0, 0.05) is 55.9 Å². The standard InChI is InChI=1S/C45H53N7O4/c53-41-9-5-4-8-39(41)40-28-37(30-47-50-40)52-26-22-45(23-27-52,33-6-2-1-3-7-33)44(56)48-35-14-12-34(13-15-35)46-29-31-20-24-51(25-21-31)36-16-10-32(11-17-36)38-18-19-42(54)49-43(38)55/h1-11,16-17,28,30-31,34-35,38,46,53H,12-15,18-27,29H2,(H,48,56)(H,49,54,55)/t34?,35?,38-/m1/s1. The number of piperidine rings is 3. The molecule has 1 saturated carbocycles. The maximum Gasteiger partial charge on any atom is 0.234 e. The second-order valence-electron chi connectivity index (χ2n) is 16.2. The van der Waals surface area contributed by atoms with Crippen molar-refractivity contribution in [2.45, 2.75) is 87.6 Å². The van der Waals surface area contributed by atoms with Gasteiger partial charge in [0.05, 0.1) is 28.9 Å². The molecular weight excluding hydrogens is 703 g/mol. The van der Waals surface area contributed by atoms with Gasteiger partial charge in [-0.25, -0.2) is 0 Å². The molecule has 3 aromatic carbocycles. The molecule has 3 saturated heterocycles. The average molecular weight is 756 g/mol. The summed E-state index contributed by atoms with van der Waals surface area (Å²) in [6.07, 6.45) is 10.5. The van der Waals surface area contributed by atoms with E-state index in [4.69, 9.17) is 0 Å². The Labute approximate surface area is 329 Å². The van der Waals surface area contributed by atoms with Gasteiger partial charge in [-0.1, -0.05) is 54.6 Å². The van der Waals surface area contributed by atoms with E-state index in [1.807, 2.05) is 48.5 Å². The first-order chi connectivity index (χ1) is 27.3. The molecule has 1 aliphatic carbocycles. The van der Waals surface area contributed by atoms with E-state index in [1.54, 1.807) is 18.3 Å². The normalized spacial score (nSPS) is 23.0. The van der Waals surface area contributed by atoms with Crippen LogP contribution in [0.25, 0.3) is 11.3 Å². The Morgan fingerprint density at radius 2 is 1.46 bits per heavy atom. The summed E-state index contributed by atoms with van der Waals surface area (Å²) in [5.74, 6) is 0.341. The monoisotopic (exact) mass is 755 g/mol. The fraction of sp³-hybridized carbons (Fsp3) is 0.444. The van der Waals surface area contributed by atoms with E-state index in [2.05, 4.69) is 60.2 Å². The van der Waals surface area contributed by atoms with Gasteiger partial charge < -0.3 is 25.5 Å². The van der Waals surface area contributed by atoms with E-state index in [-0.39, 0.29) is 35.4 Å². The van der Waals surface area contributed by atoms with E-state index >= 15 is 0 Å². The first-order valence-electron chi connectivity index (χ1n) is 20.5. The number of hydrogen-bond donors (Lipinski definition) is 4. The Balaban J connectivity index is 0.801. The number of amides is 3. The Hall–Kier alpha value is -5.29. The molecule has 4 N–H and O–H groups in total. The van der Waals surface area contributed by atoms with E-state index < -0.39 is 5.41 Å². The second-order valence-corrected chi connectivity index (χ2v) is 16.2. The molecule has 8 rings (SSSR count). The smallest absolute Gasteiger partial charge is 0.234 e. The molecule has 0 bridgehead atoms.